The lowest BCUT2D eigenvalue weighted by atomic mass is 10.0. The zero-order valence-electron chi connectivity index (χ0n) is 11.6. The molecule has 4 heteroatoms. The fourth-order valence-electron chi connectivity index (χ4n) is 1.97. The maximum absolute atomic E-state index is 11.7. The molecule has 0 saturated heterocycles. The van der Waals surface area contributed by atoms with Crippen molar-refractivity contribution in [2.45, 2.75) is 33.4 Å². The molecule has 0 spiro atoms. The first-order valence-electron chi connectivity index (χ1n) is 6.35. The summed E-state index contributed by atoms with van der Waals surface area (Å²) >= 11 is 0. The number of hydrogen-bond donors (Lipinski definition) is 1. The summed E-state index contributed by atoms with van der Waals surface area (Å²) in [6.45, 7) is 6.38. The molecule has 4 nitrogen and oxygen atoms in total. The highest BCUT2D eigenvalue weighted by molar-refractivity contribution is 5.31. The van der Waals surface area contributed by atoms with Crippen molar-refractivity contribution in [3.05, 3.63) is 63.1 Å². The van der Waals surface area contributed by atoms with Gasteiger partial charge in [-0.3, -0.25) is 4.79 Å². The number of rotatable bonds is 3. The van der Waals surface area contributed by atoms with Gasteiger partial charge in [0.05, 0.1) is 12.2 Å². The average Bonchev–Trinajstić information content (AvgIpc) is 2.37. The first-order valence-corrected chi connectivity index (χ1v) is 6.35. The van der Waals surface area contributed by atoms with E-state index in [1.165, 1.54) is 21.9 Å². The molecule has 0 radical (unpaired) electrons. The molecule has 1 aromatic carbocycles. The molecule has 0 aliphatic rings. The summed E-state index contributed by atoms with van der Waals surface area (Å²) in [4.78, 5) is 11.7. The first kappa shape index (κ1) is 13.5. The molecule has 1 aromatic heterocycles. The van der Waals surface area contributed by atoms with E-state index in [0.29, 0.717) is 6.54 Å². The molecule has 1 unspecified atom stereocenters. The molecule has 2 rings (SSSR count). The number of aromatic nitrogens is 2. The Hall–Kier alpha value is -1.94. The van der Waals surface area contributed by atoms with E-state index in [2.05, 4.69) is 31.1 Å². The fourth-order valence-corrected chi connectivity index (χ4v) is 1.97. The summed E-state index contributed by atoms with van der Waals surface area (Å²) in [5.41, 5.74) is 10.3. The van der Waals surface area contributed by atoms with Crippen molar-refractivity contribution in [3.8, 4) is 0 Å². The van der Waals surface area contributed by atoms with Crippen LogP contribution in [-0.4, -0.2) is 9.78 Å². The third kappa shape index (κ3) is 3.09. The minimum Gasteiger partial charge on any atom is -0.322 e. The molecule has 1 atom stereocenters. The van der Waals surface area contributed by atoms with Crippen molar-refractivity contribution < 1.29 is 0 Å². The van der Waals surface area contributed by atoms with Crippen molar-refractivity contribution >= 4 is 0 Å². The Morgan fingerprint density at radius 3 is 2.58 bits per heavy atom. The van der Waals surface area contributed by atoms with Crippen LogP contribution in [0.3, 0.4) is 0 Å². The van der Waals surface area contributed by atoms with Crippen molar-refractivity contribution in [1.29, 1.82) is 0 Å². The van der Waals surface area contributed by atoms with Crippen LogP contribution in [0.25, 0.3) is 0 Å². The van der Waals surface area contributed by atoms with Gasteiger partial charge < -0.3 is 5.73 Å². The van der Waals surface area contributed by atoms with Crippen LogP contribution in [0.2, 0.25) is 0 Å². The highest BCUT2D eigenvalue weighted by Gasteiger charge is 2.09. The molecule has 100 valence electrons. The van der Waals surface area contributed by atoms with Gasteiger partial charge in [-0.15, -0.1) is 0 Å². The van der Waals surface area contributed by atoms with Crippen LogP contribution >= 0.6 is 0 Å². The summed E-state index contributed by atoms with van der Waals surface area (Å²) in [7, 11) is 0. The Morgan fingerprint density at radius 2 is 1.89 bits per heavy atom. The topological polar surface area (TPSA) is 60.9 Å². The lowest BCUT2D eigenvalue weighted by molar-refractivity contribution is 0.499. The van der Waals surface area contributed by atoms with Crippen molar-refractivity contribution in [2.75, 3.05) is 0 Å². The Bertz CT molecular complexity index is 646. The summed E-state index contributed by atoms with van der Waals surface area (Å²) < 4.78 is 1.43. The zero-order chi connectivity index (χ0) is 14.0. The Labute approximate surface area is 112 Å². The minimum atomic E-state index is -0.230. The quantitative estimate of drug-likeness (QED) is 0.913. The second-order valence-corrected chi connectivity index (χ2v) is 4.95. The van der Waals surface area contributed by atoms with Crippen LogP contribution in [0.4, 0.5) is 0 Å². The zero-order valence-corrected chi connectivity index (χ0v) is 11.6. The number of nitrogens with two attached hydrogens (primary N) is 1. The smallest absolute Gasteiger partial charge is 0.266 e. The van der Waals surface area contributed by atoms with Crippen LogP contribution in [0, 0.1) is 20.8 Å². The van der Waals surface area contributed by atoms with E-state index in [0.717, 1.165) is 11.3 Å². The number of benzene rings is 1. The van der Waals surface area contributed by atoms with Gasteiger partial charge in [0.25, 0.3) is 5.56 Å². The molecule has 2 N–H and O–H groups in total. The second kappa shape index (κ2) is 5.36. The van der Waals surface area contributed by atoms with Crippen molar-refractivity contribution in [3.63, 3.8) is 0 Å². The summed E-state index contributed by atoms with van der Waals surface area (Å²) in [6, 6.07) is 9.13. The van der Waals surface area contributed by atoms with Gasteiger partial charge in [-0.05, 0) is 43.5 Å². The number of nitrogens with zero attached hydrogens (tertiary/aromatic N) is 2. The highest BCUT2D eigenvalue weighted by atomic mass is 16.1. The monoisotopic (exact) mass is 257 g/mol. The minimum absolute atomic E-state index is 0.120. The molecule has 0 amide bonds. The summed E-state index contributed by atoms with van der Waals surface area (Å²) in [5, 5.41) is 4.20. The molecule has 0 saturated carbocycles. The van der Waals surface area contributed by atoms with E-state index < -0.39 is 0 Å². The maximum Gasteiger partial charge on any atom is 0.266 e. The highest BCUT2D eigenvalue weighted by Crippen LogP contribution is 2.16. The van der Waals surface area contributed by atoms with Gasteiger partial charge in [0.15, 0.2) is 0 Å². The number of hydrogen-bond acceptors (Lipinski definition) is 3. The van der Waals surface area contributed by atoms with E-state index in [-0.39, 0.29) is 11.6 Å². The van der Waals surface area contributed by atoms with E-state index >= 15 is 0 Å². The van der Waals surface area contributed by atoms with E-state index in [4.69, 9.17) is 5.73 Å². The van der Waals surface area contributed by atoms with Gasteiger partial charge in [-0.1, -0.05) is 18.2 Å². The van der Waals surface area contributed by atoms with Crippen LogP contribution < -0.4 is 11.3 Å². The van der Waals surface area contributed by atoms with Crippen molar-refractivity contribution in [2.24, 2.45) is 5.73 Å². The third-order valence-corrected chi connectivity index (χ3v) is 3.33. The lowest BCUT2D eigenvalue weighted by Crippen LogP contribution is -2.28. The van der Waals surface area contributed by atoms with Crippen LogP contribution in [0.15, 0.2) is 35.1 Å². The van der Waals surface area contributed by atoms with E-state index in [1.54, 1.807) is 6.07 Å². The molecule has 0 aliphatic heterocycles. The third-order valence-electron chi connectivity index (χ3n) is 3.33. The van der Waals surface area contributed by atoms with Crippen LogP contribution in [0.1, 0.15) is 28.4 Å². The van der Waals surface area contributed by atoms with Crippen molar-refractivity contribution in [1.82, 2.24) is 9.78 Å². The second-order valence-electron chi connectivity index (χ2n) is 4.95. The maximum atomic E-state index is 11.7. The molecule has 1 heterocycles. The van der Waals surface area contributed by atoms with Gasteiger partial charge in [0.2, 0.25) is 0 Å². The van der Waals surface area contributed by atoms with E-state index in [9.17, 15) is 4.79 Å². The van der Waals surface area contributed by atoms with Gasteiger partial charge in [-0.2, -0.15) is 5.10 Å². The normalized spacial score (nSPS) is 12.4. The van der Waals surface area contributed by atoms with Gasteiger partial charge >= 0.3 is 0 Å². The molecule has 0 aliphatic carbocycles. The summed E-state index contributed by atoms with van der Waals surface area (Å²) in [6.07, 6.45) is 0. The van der Waals surface area contributed by atoms with Crippen LogP contribution in [0.5, 0.6) is 0 Å². The SMILES string of the molecule is Cc1ccc(=O)n(CC(N)c2ccc(C)c(C)c2)n1. The molecule has 0 bridgehead atoms. The standard InChI is InChI=1S/C15H19N3O/c1-10-4-6-13(8-11(10)2)14(16)9-18-15(19)7-5-12(3)17-18/h4-8,14H,9,16H2,1-3H3. The van der Waals surface area contributed by atoms with Gasteiger partial charge in [0.1, 0.15) is 0 Å². The largest absolute Gasteiger partial charge is 0.322 e. The van der Waals surface area contributed by atoms with Gasteiger partial charge in [-0.25, -0.2) is 4.68 Å². The fraction of sp³-hybridized carbons (Fsp3) is 0.333. The van der Waals surface area contributed by atoms with Crippen LogP contribution in [-0.2, 0) is 6.54 Å². The molecular weight excluding hydrogens is 238 g/mol. The number of aryl methyl sites for hydroxylation is 3. The molecule has 0 fully saturated rings. The molecular formula is C15H19N3O. The molecule has 2 aromatic rings. The predicted molar refractivity (Wildman–Crippen MR) is 76.1 cm³/mol. The Balaban J connectivity index is 2.25. The molecule has 19 heavy (non-hydrogen) atoms. The predicted octanol–water partition coefficient (Wildman–Crippen LogP) is 1.87. The van der Waals surface area contributed by atoms with E-state index in [1.807, 2.05) is 13.0 Å². The Morgan fingerprint density at radius 1 is 1.16 bits per heavy atom. The summed E-state index contributed by atoms with van der Waals surface area (Å²) in [5.74, 6) is 0. The first-order chi connectivity index (χ1) is 8.97. The lowest BCUT2D eigenvalue weighted by Gasteiger charge is -2.14. The Kier molecular flexibility index (Phi) is 3.81. The van der Waals surface area contributed by atoms with Gasteiger partial charge in [0, 0.05) is 12.1 Å². The average molecular weight is 257 g/mol.